The van der Waals surface area contributed by atoms with Gasteiger partial charge in [0.1, 0.15) is 5.82 Å². The molecule has 0 aliphatic carbocycles. The first-order valence-corrected chi connectivity index (χ1v) is 11.6. The van der Waals surface area contributed by atoms with E-state index in [1.54, 1.807) is 23.1 Å². The second-order valence-corrected chi connectivity index (χ2v) is 9.71. The molecule has 4 aromatic rings. The Morgan fingerprint density at radius 1 is 1.23 bits per heavy atom. The van der Waals surface area contributed by atoms with Gasteiger partial charge in [0.25, 0.3) is 0 Å². The molecule has 31 heavy (non-hydrogen) atoms. The van der Waals surface area contributed by atoms with Crippen molar-refractivity contribution in [2.75, 3.05) is 6.26 Å². The number of nitrogens with two attached hydrogens (primary N) is 1. The Labute approximate surface area is 193 Å². The van der Waals surface area contributed by atoms with Crippen molar-refractivity contribution in [1.29, 1.82) is 0 Å². The molecule has 11 heteroatoms. The third-order valence-corrected chi connectivity index (χ3v) is 6.09. The van der Waals surface area contributed by atoms with Crippen LogP contribution in [0.4, 0.5) is 4.39 Å². The maximum atomic E-state index is 14.3. The Morgan fingerprint density at radius 2 is 2.00 bits per heavy atom. The molecule has 2 N–H and O–H groups in total. The van der Waals surface area contributed by atoms with Crippen molar-refractivity contribution >= 4 is 49.1 Å². The predicted octanol–water partition coefficient (Wildman–Crippen LogP) is 3.78. The van der Waals surface area contributed by atoms with Gasteiger partial charge in [-0.1, -0.05) is 15.9 Å². The third-order valence-electron chi connectivity index (χ3n) is 4.61. The molecule has 0 unspecified atom stereocenters. The predicted molar refractivity (Wildman–Crippen MR) is 122 cm³/mol. The average Bonchev–Trinajstić information content (AvgIpc) is 3.11. The molecule has 0 amide bonds. The molecule has 0 aliphatic heterocycles. The van der Waals surface area contributed by atoms with E-state index < -0.39 is 21.7 Å². The number of fused-ring (bicyclic) bond motifs is 1. The highest BCUT2D eigenvalue weighted by molar-refractivity contribution is 9.10. The Balaban J connectivity index is 0.00000272. The molecular weight excluding hydrogens is 509 g/mol. The Kier molecular flexibility index (Phi) is 6.75. The van der Waals surface area contributed by atoms with E-state index in [1.165, 1.54) is 0 Å². The molecular formula is C20H18BrClFN5O2S. The number of sulfone groups is 1. The lowest BCUT2D eigenvalue weighted by atomic mass is 10.1. The van der Waals surface area contributed by atoms with Crippen molar-refractivity contribution in [3.63, 3.8) is 0 Å². The Hall–Kier alpha value is -2.40. The molecule has 0 fully saturated rings. The van der Waals surface area contributed by atoms with E-state index in [2.05, 4.69) is 31.0 Å². The van der Waals surface area contributed by atoms with E-state index in [0.29, 0.717) is 11.4 Å². The van der Waals surface area contributed by atoms with Crippen LogP contribution in [-0.4, -0.2) is 34.4 Å². The number of rotatable bonds is 5. The van der Waals surface area contributed by atoms with Gasteiger partial charge in [-0.2, -0.15) is 5.10 Å². The van der Waals surface area contributed by atoms with Gasteiger partial charge in [-0.25, -0.2) is 22.5 Å². The number of halogens is 3. The van der Waals surface area contributed by atoms with Gasteiger partial charge in [0.05, 0.1) is 34.8 Å². The zero-order chi connectivity index (χ0) is 21.5. The summed E-state index contributed by atoms with van der Waals surface area (Å²) in [6.07, 6.45) is 4.33. The third kappa shape index (κ3) is 4.77. The minimum atomic E-state index is -3.57. The van der Waals surface area contributed by atoms with Crippen LogP contribution in [-0.2, 0) is 16.3 Å². The molecule has 1 atom stereocenters. The highest BCUT2D eigenvalue weighted by Crippen LogP contribution is 2.26. The fraction of sp³-hybridized carbons (Fsp3) is 0.150. The summed E-state index contributed by atoms with van der Waals surface area (Å²) in [5, 5.41) is 5.19. The van der Waals surface area contributed by atoms with Gasteiger partial charge in [0, 0.05) is 28.7 Å². The fourth-order valence-corrected chi connectivity index (χ4v) is 4.16. The molecule has 4 rings (SSSR count). The fourth-order valence-electron chi connectivity index (χ4n) is 3.19. The second kappa shape index (κ2) is 8.99. The molecule has 3 aromatic heterocycles. The number of benzene rings is 1. The first kappa shape index (κ1) is 23.3. The zero-order valence-corrected chi connectivity index (χ0v) is 19.5. The van der Waals surface area contributed by atoms with Crippen molar-refractivity contribution in [2.24, 2.45) is 5.73 Å². The molecule has 7 nitrogen and oxygen atoms in total. The van der Waals surface area contributed by atoms with Gasteiger partial charge in [-0.05, 0) is 42.5 Å². The van der Waals surface area contributed by atoms with Gasteiger partial charge in [0.15, 0.2) is 14.9 Å². The van der Waals surface area contributed by atoms with Crippen molar-refractivity contribution in [2.45, 2.75) is 17.5 Å². The van der Waals surface area contributed by atoms with Crippen LogP contribution in [0.15, 0.2) is 64.4 Å². The lowest BCUT2D eigenvalue weighted by molar-refractivity contribution is 0.563. The second-order valence-electron chi connectivity index (χ2n) is 6.83. The summed E-state index contributed by atoms with van der Waals surface area (Å²) in [4.78, 5) is 8.36. The molecule has 0 radical (unpaired) electrons. The van der Waals surface area contributed by atoms with E-state index in [9.17, 15) is 12.8 Å². The van der Waals surface area contributed by atoms with Crippen molar-refractivity contribution in [3.8, 4) is 5.69 Å². The number of hydrogen-bond acceptors (Lipinski definition) is 6. The number of hydrogen-bond donors (Lipinski definition) is 1. The topological polar surface area (TPSA) is 104 Å². The highest BCUT2D eigenvalue weighted by Gasteiger charge is 2.20. The van der Waals surface area contributed by atoms with Crippen LogP contribution < -0.4 is 5.73 Å². The smallest absolute Gasteiger partial charge is 0.192 e. The van der Waals surface area contributed by atoms with Gasteiger partial charge >= 0.3 is 0 Å². The van der Waals surface area contributed by atoms with Gasteiger partial charge in [-0.15, -0.1) is 12.4 Å². The minimum absolute atomic E-state index is 0. The summed E-state index contributed by atoms with van der Waals surface area (Å²) in [5.74, 6) is -0.621. The standard InChI is InChI=1S/C20H17BrFN5O2S.ClH/c1-30(28,29)19-7-5-14(22)16(26-19)10-15(23)20-18(3-2-8-24-20)27-17-6-4-13(21)9-12(17)11-25-27;/h2-9,11,15H,10,23H2,1H3;1H/t15-;/m0./s1. The van der Waals surface area contributed by atoms with Crippen LogP contribution >= 0.6 is 28.3 Å². The molecule has 162 valence electrons. The summed E-state index contributed by atoms with van der Waals surface area (Å²) < 4.78 is 40.5. The normalized spacial score (nSPS) is 12.5. The highest BCUT2D eigenvalue weighted by atomic mass is 79.9. The van der Waals surface area contributed by atoms with E-state index in [0.717, 1.165) is 33.8 Å². The van der Waals surface area contributed by atoms with E-state index >= 15 is 0 Å². The van der Waals surface area contributed by atoms with E-state index in [1.807, 2.05) is 24.3 Å². The SMILES string of the molecule is CS(=O)(=O)c1ccc(F)c(C[C@H](N)c2ncccc2-n2ncc3cc(Br)ccc32)n1.Cl. The molecule has 0 spiro atoms. The maximum Gasteiger partial charge on any atom is 0.192 e. The maximum absolute atomic E-state index is 14.3. The van der Waals surface area contributed by atoms with Crippen LogP contribution in [0, 0.1) is 5.82 Å². The molecule has 0 saturated carbocycles. The molecule has 0 bridgehead atoms. The molecule has 3 heterocycles. The lowest BCUT2D eigenvalue weighted by Gasteiger charge is -2.16. The van der Waals surface area contributed by atoms with Gasteiger partial charge in [0.2, 0.25) is 0 Å². The number of aromatic nitrogens is 4. The van der Waals surface area contributed by atoms with Crippen molar-refractivity contribution in [1.82, 2.24) is 19.7 Å². The molecule has 1 aromatic carbocycles. The van der Waals surface area contributed by atoms with Crippen molar-refractivity contribution < 1.29 is 12.8 Å². The van der Waals surface area contributed by atoms with Gasteiger partial charge < -0.3 is 5.73 Å². The van der Waals surface area contributed by atoms with Crippen LogP contribution in [0.2, 0.25) is 0 Å². The number of pyridine rings is 2. The Morgan fingerprint density at radius 3 is 2.74 bits per heavy atom. The van der Waals surface area contributed by atoms with E-state index in [4.69, 9.17) is 5.73 Å². The average molecular weight is 527 g/mol. The summed E-state index contributed by atoms with van der Waals surface area (Å²) >= 11 is 3.44. The van der Waals surface area contributed by atoms with Crippen LogP contribution in [0.5, 0.6) is 0 Å². The summed E-state index contributed by atoms with van der Waals surface area (Å²) in [6, 6.07) is 10.9. The largest absolute Gasteiger partial charge is 0.322 e. The summed E-state index contributed by atoms with van der Waals surface area (Å²) in [5.41, 5.74) is 8.35. The zero-order valence-electron chi connectivity index (χ0n) is 16.2. The summed E-state index contributed by atoms with van der Waals surface area (Å²) in [7, 11) is -3.57. The van der Waals surface area contributed by atoms with Gasteiger partial charge in [-0.3, -0.25) is 4.98 Å². The monoisotopic (exact) mass is 525 g/mol. The van der Waals surface area contributed by atoms with Crippen LogP contribution in [0.1, 0.15) is 17.4 Å². The first-order chi connectivity index (χ1) is 14.2. The Bertz CT molecular complexity index is 1360. The van der Waals surface area contributed by atoms with E-state index in [-0.39, 0.29) is 29.5 Å². The van der Waals surface area contributed by atoms with Crippen LogP contribution in [0.25, 0.3) is 16.6 Å². The summed E-state index contributed by atoms with van der Waals surface area (Å²) in [6.45, 7) is 0. The first-order valence-electron chi connectivity index (χ1n) is 8.93. The number of nitrogens with zero attached hydrogens (tertiary/aromatic N) is 4. The molecule has 0 saturated heterocycles. The minimum Gasteiger partial charge on any atom is -0.322 e. The quantitative estimate of drug-likeness (QED) is 0.424. The molecule has 0 aliphatic rings. The lowest BCUT2D eigenvalue weighted by Crippen LogP contribution is -2.20. The van der Waals surface area contributed by atoms with Crippen molar-refractivity contribution in [3.05, 3.63) is 76.5 Å². The van der Waals surface area contributed by atoms with Crippen LogP contribution in [0.3, 0.4) is 0 Å².